The van der Waals surface area contributed by atoms with Crippen LogP contribution in [0.4, 0.5) is 5.69 Å². The Labute approximate surface area is 179 Å². The van der Waals surface area contributed by atoms with Crippen LogP contribution in [-0.2, 0) is 16.1 Å². The standard InChI is InChI=1S/C24H19ClN2O3/c1-30-20-13-9-17(10-14-20)21-22(26-19-5-3-2-4-6-19)24(29)27(23(21)28)15-16-7-11-18(25)12-8-16/h2-14,26H,15H2,1H3. The lowest BCUT2D eigenvalue weighted by molar-refractivity contribution is -0.137. The van der Waals surface area contributed by atoms with Crippen LogP contribution < -0.4 is 10.1 Å². The maximum Gasteiger partial charge on any atom is 0.278 e. The molecule has 2 amide bonds. The Morgan fingerprint density at radius 3 is 2.17 bits per heavy atom. The normalized spacial score (nSPS) is 13.7. The topological polar surface area (TPSA) is 58.6 Å². The maximum atomic E-state index is 13.3. The lowest BCUT2D eigenvalue weighted by Gasteiger charge is -2.15. The van der Waals surface area contributed by atoms with E-state index in [-0.39, 0.29) is 24.1 Å². The zero-order chi connectivity index (χ0) is 21.1. The lowest BCUT2D eigenvalue weighted by Crippen LogP contribution is -2.31. The molecular weight excluding hydrogens is 400 g/mol. The second kappa shape index (κ2) is 8.43. The molecule has 1 aliphatic heterocycles. The number of ether oxygens (including phenoxy) is 1. The minimum absolute atomic E-state index is 0.161. The zero-order valence-corrected chi connectivity index (χ0v) is 17.0. The molecule has 4 rings (SSSR count). The smallest absolute Gasteiger partial charge is 0.278 e. The van der Waals surface area contributed by atoms with Gasteiger partial charge in [0, 0.05) is 10.7 Å². The van der Waals surface area contributed by atoms with Gasteiger partial charge in [0.15, 0.2) is 0 Å². The number of para-hydroxylation sites is 1. The third-order valence-electron chi connectivity index (χ3n) is 4.84. The Kier molecular flexibility index (Phi) is 5.55. The van der Waals surface area contributed by atoms with E-state index in [0.717, 1.165) is 11.3 Å². The summed E-state index contributed by atoms with van der Waals surface area (Å²) in [5.74, 6) is -0.0464. The lowest BCUT2D eigenvalue weighted by atomic mass is 10.0. The van der Waals surface area contributed by atoms with Crippen molar-refractivity contribution in [3.8, 4) is 5.75 Å². The summed E-state index contributed by atoms with van der Waals surface area (Å²) in [5.41, 5.74) is 2.78. The maximum absolute atomic E-state index is 13.3. The predicted octanol–water partition coefficient (Wildman–Crippen LogP) is 4.74. The molecule has 0 fully saturated rings. The third kappa shape index (κ3) is 3.93. The highest BCUT2D eigenvalue weighted by molar-refractivity contribution is 6.36. The van der Waals surface area contributed by atoms with Crippen LogP contribution in [0.3, 0.4) is 0 Å². The van der Waals surface area contributed by atoms with Gasteiger partial charge in [-0.15, -0.1) is 0 Å². The summed E-state index contributed by atoms with van der Waals surface area (Å²) in [6, 6.07) is 23.5. The monoisotopic (exact) mass is 418 g/mol. The van der Waals surface area contributed by atoms with Crippen molar-refractivity contribution < 1.29 is 14.3 Å². The van der Waals surface area contributed by atoms with Gasteiger partial charge in [0.1, 0.15) is 11.4 Å². The highest BCUT2D eigenvalue weighted by Crippen LogP contribution is 2.32. The average molecular weight is 419 g/mol. The SMILES string of the molecule is COc1ccc(C2=C(Nc3ccccc3)C(=O)N(Cc3ccc(Cl)cc3)C2=O)cc1. The largest absolute Gasteiger partial charge is 0.497 e. The summed E-state index contributed by atoms with van der Waals surface area (Å²) in [7, 11) is 1.58. The summed E-state index contributed by atoms with van der Waals surface area (Å²) in [5, 5.41) is 3.74. The van der Waals surface area contributed by atoms with Crippen LogP contribution in [0.15, 0.2) is 84.6 Å². The molecule has 150 valence electrons. The molecule has 30 heavy (non-hydrogen) atoms. The molecule has 3 aromatic rings. The average Bonchev–Trinajstić information content (AvgIpc) is 3.00. The molecule has 0 radical (unpaired) electrons. The first-order valence-electron chi connectivity index (χ1n) is 9.38. The first-order chi connectivity index (χ1) is 14.6. The van der Waals surface area contributed by atoms with Gasteiger partial charge in [0.25, 0.3) is 11.8 Å². The number of hydrogen-bond donors (Lipinski definition) is 1. The fraction of sp³-hybridized carbons (Fsp3) is 0.0833. The van der Waals surface area contributed by atoms with Crippen LogP contribution in [0, 0.1) is 0 Å². The molecule has 0 bridgehead atoms. The number of methoxy groups -OCH3 is 1. The molecule has 0 aliphatic carbocycles. The van der Waals surface area contributed by atoms with Gasteiger partial charge >= 0.3 is 0 Å². The van der Waals surface area contributed by atoms with Crippen LogP contribution >= 0.6 is 11.6 Å². The van der Waals surface area contributed by atoms with Crippen molar-refractivity contribution in [1.82, 2.24) is 4.90 Å². The van der Waals surface area contributed by atoms with E-state index >= 15 is 0 Å². The van der Waals surface area contributed by atoms with Crippen LogP contribution in [0.2, 0.25) is 5.02 Å². The number of carbonyl (C=O) groups excluding carboxylic acids is 2. The molecule has 1 aliphatic rings. The summed E-state index contributed by atoms with van der Waals surface area (Å²) in [6.45, 7) is 0.161. The van der Waals surface area contributed by atoms with Crippen LogP contribution in [0.25, 0.3) is 5.57 Å². The van der Waals surface area contributed by atoms with Gasteiger partial charge in [0.05, 0.1) is 19.2 Å². The van der Waals surface area contributed by atoms with Crippen molar-refractivity contribution in [2.75, 3.05) is 12.4 Å². The molecule has 0 unspecified atom stereocenters. The van der Waals surface area contributed by atoms with Crippen molar-refractivity contribution >= 4 is 34.7 Å². The number of carbonyl (C=O) groups is 2. The molecule has 1 N–H and O–H groups in total. The molecule has 0 saturated carbocycles. The molecular formula is C24H19ClN2O3. The summed E-state index contributed by atoms with van der Waals surface area (Å²) in [6.07, 6.45) is 0. The number of rotatable bonds is 6. The van der Waals surface area contributed by atoms with Gasteiger partial charge in [-0.1, -0.05) is 54.1 Å². The van der Waals surface area contributed by atoms with Crippen molar-refractivity contribution in [2.24, 2.45) is 0 Å². The van der Waals surface area contributed by atoms with E-state index in [4.69, 9.17) is 16.3 Å². The molecule has 5 nitrogen and oxygen atoms in total. The van der Waals surface area contributed by atoms with Crippen molar-refractivity contribution in [3.05, 3.63) is 101 Å². The van der Waals surface area contributed by atoms with Crippen molar-refractivity contribution in [2.45, 2.75) is 6.54 Å². The number of nitrogens with one attached hydrogen (secondary N) is 1. The highest BCUT2D eigenvalue weighted by atomic mass is 35.5. The van der Waals surface area contributed by atoms with Crippen LogP contribution in [0.1, 0.15) is 11.1 Å². The van der Waals surface area contributed by atoms with Crippen molar-refractivity contribution in [3.63, 3.8) is 0 Å². The van der Waals surface area contributed by atoms with E-state index in [1.807, 2.05) is 30.3 Å². The van der Waals surface area contributed by atoms with E-state index in [0.29, 0.717) is 21.9 Å². The van der Waals surface area contributed by atoms with E-state index in [1.165, 1.54) is 4.90 Å². The molecule has 0 spiro atoms. The molecule has 0 aromatic heterocycles. The first-order valence-corrected chi connectivity index (χ1v) is 9.76. The zero-order valence-electron chi connectivity index (χ0n) is 16.3. The van der Waals surface area contributed by atoms with Gasteiger partial charge < -0.3 is 10.1 Å². The molecule has 1 heterocycles. The van der Waals surface area contributed by atoms with E-state index in [2.05, 4.69) is 5.32 Å². The Bertz CT molecular complexity index is 1110. The molecule has 6 heteroatoms. The number of imide groups is 1. The Balaban J connectivity index is 1.72. The Hall–Kier alpha value is -3.57. The van der Waals surface area contributed by atoms with Gasteiger partial charge in [-0.2, -0.15) is 0 Å². The van der Waals surface area contributed by atoms with Gasteiger partial charge in [0.2, 0.25) is 0 Å². The minimum atomic E-state index is -0.371. The fourth-order valence-corrected chi connectivity index (χ4v) is 3.43. The van der Waals surface area contributed by atoms with E-state index in [1.54, 1.807) is 55.6 Å². The third-order valence-corrected chi connectivity index (χ3v) is 5.10. The molecule has 0 saturated heterocycles. The first kappa shape index (κ1) is 19.7. The number of halogens is 1. The van der Waals surface area contributed by atoms with Gasteiger partial charge in [-0.25, -0.2) is 0 Å². The highest BCUT2D eigenvalue weighted by Gasteiger charge is 2.39. The Morgan fingerprint density at radius 2 is 1.53 bits per heavy atom. The number of amides is 2. The quantitative estimate of drug-likeness (QED) is 0.587. The minimum Gasteiger partial charge on any atom is -0.497 e. The van der Waals surface area contributed by atoms with Gasteiger partial charge in [-0.3, -0.25) is 14.5 Å². The van der Waals surface area contributed by atoms with E-state index < -0.39 is 0 Å². The summed E-state index contributed by atoms with van der Waals surface area (Å²) < 4.78 is 5.21. The second-order valence-corrected chi connectivity index (χ2v) is 7.23. The van der Waals surface area contributed by atoms with Crippen molar-refractivity contribution in [1.29, 1.82) is 0 Å². The van der Waals surface area contributed by atoms with Gasteiger partial charge in [-0.05, 0) is 47.5 Å². The summed E-state index contributed by atoms with van der Waals surface area (Å²) in [4.78, 5) is 27.8. The predicted molar refractivity (Wildman–Crippen MR) is 117 cm³/mol. The number of anilines is 1. The number of nitrogens with zero attached hydrogens (tertiary/aromatic N) is 1. The summed E-state index contributed by atoms with van der Waals surface area (Å²) >= 11 is 5.95. The Morgan fingerprint density at radius 1 is 0.867 bits per heavy atom. The van der Waals surface area contributed by atoms with Crippen LogP contribution in [0.5, 0.6) is 5.75 Å². The molecule has 0 atom stereocenters. The van der Waals surface area contributed by atoms with E-state index in [9.17, 15) is 9.59 Å². The second-order valence-electron chi connectivity index (χ2n) is 6.79. The fourth-order valence-electron chi connectivity index (χ4n) is 3.30. The number of benzene rings is 3. The number of hydrogen-bond acceptors (Lipinski definition) is 4. The molecule has 3 aromatic carbocycles. The van der Waals surface area contributed by atoms with Crippen LogP contribution in [-0.4, -0.2) is 23.8 Å².